The van der Waals surface area contributed by atoms with E-state index in [4.69, 9.17) is 0 Å². The summed E-state index contributed by atoms with van der Waals surface area (Å²) in [5, 5.41) is 0. The van der Waals surface area contributed by atoms with Gasteiger partial charge in [-0.2, -0.15) is 0 Å². The number of aryl methyl sites for hydroxylation is 2. The first-order valence-corrected chi connectivity index (χ1v) is 58.0. The summed E-state index contributed by atoms with van der Waals surface area (Å²) in [7, 11) is -8.70. The number of benzene rings is 2. The first-order valence-electron chi connectivity index (χ1n) is 55.2. The molecule has 0 heterocycles. The number of rotatable bonds is 100. The Morgan fingerprint density at radius 3 is 0.364 bits per heavy atom. The van der Waals surface area contributed by atoms with E-state index < -0.39 is 20.2 Å². The van der Waals surface area contributed by atoms with Crippen LogP contribution in [0.2, 0.25) is 0 Å². The quantitative estimate of drug-likeness (QED) is 0.0370. The maximum atomic E-state index is 11.2. The molecule has 0 saturated carbocycles. The van der Waals surface area contributed by atoms with Crippen LogP contribution in [0, 0.1) is 0 Å². The smallest absolute Gasteiger partial charge is 0.744 e. The van der Waals surface area contributed by atoms with Gasteiger partial charge in [-0.1, -0.05) is 642 Å². The van der Waals surface area contributed by atoms with Gasteiger partial charge in [0.25, 0.3) is 0 Å². The molecule has 0 atom stereocenters. The van der Waals surface area contributed by atoms with Gasteiger partial charge in [0.15, 0.2) is 0 Å². The largest absolute Gasteiger partial charge is 2.00 e. The predicted molar refractivity (Wildman–Crippen MR) is 537 cm³/mol. The second-order valence-corrected chi connectivity index (χ2v) is 41.7. The fourth-order valence-electron chi connectivity index (χ4n) is 18.8. The van der Waals surface area contributed by atoms with Crippen LogP contribution in [0.15, 0.2) is 58.3 Å². The van der Waals surface area contributed by atoms with Gasteiger partial charge in [-0.25, -0.2) is 16.8 Å². The van der Waals surface area contributed by atoms with Gasteiger partial charge >= 0.3 is 23.1 Å². The minimum Gasteiger partial charge on any atom is -0.744 e. The van der Waals surface area contributed by atoms with Crippen LogP contribution in [0.4, 0.5) is 0 Å². The maximum absolute atomic E-state index is 11.2. The summed E-state index contributed by atoms with van der Waals surface area (Å²) in [4.78, 5) is -0.208. The van der Waals surface area contributed by atoms with E-state index in [9.17, 15) is 25.9 Å². The first-order chi connectivity index (χ1) is 59.1. The van der Waals surface area contributed by atoms with Crippen molar-refractivity contribution in [2.75, 3.05) is 0 Å². The summed E-state index contributed by atoms with van der Waals surface area (Å²) in [5.74, 6) is 0. The van der Waals surface area contributed by atoms with E-state index in [0.717, 1.165) is 36.8 Å². The molecular formula is C112H210MgO6S2. The van der Waals surface area contributed by atoms with E-state index in [1.54, 1.807) is 12.1 Å². The number of hydrogen-bond donors (Lipinski definition) is 0. The zero-order chi connectivity index (χ0) is 86.3. The molecule has 708 valence electrons. The Labute approximate surface area is 776 Å². The van der Waals surface area contributed by atoms with Gasteiger partial charge in [-0.05, 0) is 61.1 Å². The molecule has 0 aromatic heterocycles. The molecule has 0 saturated heterocycles. The predicted octanol–water partition coefficient (Wildman–Crippen LogP) is 39.4. The van der Waals surface area contributed by atoms with Crippen molar-refractivity contribution < 1.29 is 25.9 Å². The fraction of sp³-hybridized carbons (Fsp3) is 0.893. The summed E-state index contributed by atoms with van der Waals surface area (Å²) in [6.07, 6.45) is 140. The van der Waals surface area contributed by atoms with Gasteiger partial charge in [0.1, 0.15) is 20.2 Å². The van der Waals surface area contributed by atoms with Crippen molar-refractivity contribution >= 4 is 43.3 Å². The van der Waals surface area contributed by atoms with Crippen molar-refractivity contribution in [2.45, 2.75) is 653 Å². The van der Waals surface area contributed by atoms with Crippen LogP contribution in [0.1, 0.15) is 641 Å². The molecule has 2 aromatic carbocycles. The van der Waals surface area contributed by atoms with Crippen LogP contribution in [0.3, 0.4) is 0 Å². The Morgan fingerprint density at radius 2 is 0.264 bits per heavy atom. The Morgan fingerprint density at radius 1 is 0.165 bits per heavy atom. The van der Waals surface area contributed by atoms with Crippen LogP contribution in [-0.2, 0) is 33.1 Å². The molecule has 0 amide bonds. The minimum atomic E-state index is -4.35. The van der Waals surface area contributed by atoms with E-state index in [2.05, 4.69) is 13.8 Å². The van der Waals surface area contributed by atoms with Crippen molar-refractivity contribution in [1.29, 1.82) is 0 Å². The number of unbranched alkanes of at least 4 members (excludes halogenated alkanes) is 94. The van der Waals surface area contributed by atoms with Crippen molar-refractivity contribution in [3.05, 3.63) is 59.7 Å². The minimum absolute atomic E-state index is 0. The Kier molecular flexibility index (Phi) is 98.8. The van der Waals surface area contributed by atoms with Crippen LogP contribution < -0.4 is 0 Å². The second kappa shape index (κ2) is 99.6. The van der Waals surface area contributed by atoms with Gasteiger partial charge < -0.3 is 9.11 Å². The van der Waals surface area contributed by atoms with Gasteiger partial charge in [-0.3, -0.25) is 0 Å². The maximum Gasteiger partial charge on any atom is 2.00 e. The third-order valence-electron chi connectivity index (χ3n) is 27.0. The van der Waals surface area contributed by atoms with Gasteiger partial charge in [-0.15, -0.1) is 0 Å². The number of hydrogen-bond acceptors (Lipinski definition) is 6. The molecule has 2 aromatic rings. The molecule has 0 fully saturated rings. The van der Waals surface area contributed by atoms with Crippen molar-refractivity contribution in [2.24, 2.45) is 0 Å². The average molecular weight is 1740 g/mol. The van der Waals surface area contributed by atoms with E-state index in [1.165, 1.54) is 628 Å². The Hall–Kier alpha value is -0.974. The topological polar surface area (TPSA) is 114 Å². The van der Waals surface area contributed by atoms with Gasteiger partial charge in [0, 0.05) is 0 Å². The standard InChI is InChI=1S/2C56H106O3S.Mg/c2*1-2-3-4-5-6-7-8-9-10-11-12-13-14-15-16-17-18-19-20-21-22-23-24-25-26-27-28-29-30-31-32-33-34-35-36-37-38-39-40-41-42-43-44-45-46-47-48-49-51-55-52-50-53-56(54-55)60(57,58)59;/h2*50,52-54H,2-49,51H2,1H3,(H,57,58,59);/q;;+2/p-2. The van der Waals surface area contributed by atoms with Gasteiger partial charge in [0.2, 0.25) is 0 Å². The van der Waals surface area contributed by atoms with Gasteiger partial charge in [0.05, 0.1) is 9.79 Å². The van der Waals surface area contributed by atoms with E-state index in [-0.39, 0.29) is 32.8 Å². The van der Waals surface area contributed by atoms with Crippen molar-refractivity contribution in [3.63, 3.8) is 0 Å². The van der Waals surface area contributed by atoms with E-state index in [0.29, 0.717) is 0 Å². The molecule has 0 unspecified atom stereocenters. The summed E-state index contributed by atoms with van der Waals surface area (Å²) < 4.78 is 67.1. The van der Waals surface area contributed by atoms with Crippen molar-refractivity contribution in [1.82, 2.24) is 0 Å². The molecule has 2 rings (SSSR count). The normalized spacial score (nSPS) is 11.8. The molecule has 0 aliphatic heterocycles. The molecule has 0 N–H and O–H groups in total. The summed E-state index contributed by atoms with van der Waals surface area (Å²) in [6, 6.07) is 13.0. The summed E-state index contributed by atoms with van der Waals surface area (Å²) in [5.41, 5.74) is 1.91. The second-order valence-electron chi connectivity index (χ2n) is 38.9. The molecule has 0 aliphatic carbocycles. The third-order valence-corrected chi connectivity index (χ3v) is 28.7. The zero-order valence-corrected chi connectivity index (χ0v) is 84.9. The molecule has 0 bridgehead atoms. The van der Waals surface area contributed by atoms with Crippen LogP contribution in [0.25, 0.3) is 0 Å². The fourth-order valence-corrected chi connectivity index (χ4v) is 19.9. The zero-order valence-electron chi connectivity index (χ0n) is 81.9. The molecule has 121 heavy (non-hydrogen) atoms. The molecular weight excluding hydrogens is 1530 g/mol. The summed E-state index contributed by atoms with van der Waals surface area (Å²) >= 11 is 0. The van der Waals surface area contributed by atoms with E-state index in [1.807, 2.05) is 12.1 Å². The molecule has 6 nitrogen and oxygen atoms in total. The van der Waals surface area contributed by atoms with E-state index >= 15 is 0 Å². The monoisotopic (exact) mass is 1740 g/mol. The Balaban J connectivity index is 0.00000236. The van der Waals surface area contributed by atoms with Crippen LogP contribution in [-0.4, -0.2) is 49.0 Å². The first kappa shape index (κ1) is 120. The SMILES string of the molecule is CCCCCCCCCCCCCCCCCCCCCCCCCCCCCCCCCCCCCCCCCCCCCCCCCCc1cccc(S(=O)(=O)[O-])c1.CCCCCCCCCCCCCCCCCCCCCCCCCCCCCCCCCCCCCCCCCCCCCCCCCCc1cccc(S(=O)(=O)[O-])c1.[Mg+2]. The van der Waals surface area contributed by atoms with Crippen molar-refractivity contribution in [3.8, 4) is 0 Å². The van der Waals surface area contributed by atoms with Crippen LogP contribution >= 0.6 is 0 Å². The third kappa shape index (κ3) is 94.9. The van der Waals surface area contributed by atoms with Crippen LogP contribution in [0.5, 0.6) is 0 Å². The molecule has 0 radical (unpaired) electrons. The molecule has 0 aliphatic rings. The molecule has 0 spiro atoms. The summed E-state index contributed by atoms with van der Waals surface area (Å²) in [6.45, 7) is 4.62. The molecule has 9 heteroatoms. The Bertz CT molecular complexity index is 2350. The average Bonchev–Trinajstić information content (AvgIpc) is 0.862.